The smallest absolute Gasteiger partial charge is 0.269 e. The Balaban J connectivity index is 3.04. The first-order valence-corrected chi connectivity index (χ1v) is 4.57. The number of hydrogen-bond donors (Lipinski definition) is 0. The van der Waals surface area contributed by atoms with Crippen LogP contribution in [0.15, 0.2) is 23.4 Å². The quantitative estimate of drug-likeness (QED) is 0.610. The number of benzene rings is 1. The molecule has 0 atom stereocenters. The van der Waals surface area contributed by atoms with Crippen molar-refractivity contribution in [3.63, 3.8) is 0 Å². The van der Waals surface area contributed by atoms with Gasteiger partial charge in [0, 0.05) is 17.2 Å². The van der Waals surface area contributed by atoms with E-state index < -0.39 is 41.9 Å². The van der Waals surface area contributed by atoms with Crippen molar-refractivity contribution in [1.29, 1.82) is 0 Å². The van der Waals surface area contributed by atoms with Crippen molar-refractivity contribution < 1.29 is 22.4 Å². The van der Waals surface area contributed by atoms with E-state index >= 15 is 0 Å². The minimum absolute atomic E-state index is 0.508. The lowest BCUT2D eigenvalue weighted by Crippen LogP contribution is -2.11. The van der Waals surface area contributed by atoms with E-state index in [1.165, 1.54) is 0 Å². The summed E-state index contributed by atoms with van der Waals surface area (Å²) < 4.78 is 50.7. The highest BCUT2D eigenvalue weighted by Gasteiger charge is 2.34. The van der Waals surface area contributed by atoms with Crippen molar-refractivity contribution >= 4 is 5.91 Å². The fraction of sp³-hybridized carbons (Fsp3) is 0.300. The highest BCUT2D eigenvalue weighted by molar-refractivity contribution is 5.76. The van der Waals surface area contributed by atoms with Crippen LogP contribution in [0.1, 0.15) is 17.5 Å². The predicted molar refractivity (Wildman–Crippen MR) is 50.5 cm³/mol. The second kappa shape index (κ2) is 5.03. The van der Waals surface area contributed by atoms with Crippen LogP contribution in [-0.4, -0.2) is 5.91 Å². The molecule has 0 bridgehead atoms. The number of nitroso groups, excluding NO2 is 1. The van der Waals surface area contributed by atoms with Gasteiger partial charge in [0.25, 0.3) is 5.91 Å². The first-order chi connectivity index (χ1) is 7.86. The monoisotopic (exact) mass is 249 g/mol. The zero-order chi connectivity index (χ0) is 13.1. The van der Waals surface area contributed by atoms with Crippen LogP contribution in [-0.2, 0) is 17.4 Å². The van der Waals surface area contributed by atoms with E-state index in [4.69, 9.17) is 0 Å². The molecule has 0 heterocycles. The molecule has 1 aromatic carbocycles. The van der Waals surface area contributed by atoms with Crippen molar-refractivity contribution in [3.05, 3.63) is 40.1 Å². The maximum Gasteiger partial charge on any atom is 0.416 e. The van der Waals surface area contributed by atoms with Gasteiger partial charge in [-0.15, -0.1) is 4.91 Å². The topological polar surface area (TPSA) is 46.5 Å². The van der Waals surface area contributed by atoms with Gasteiger partial charge >= 0.3 is 6.18 Å². The van der Waals surface area contributed by atoms with E-state index in [2.05, 4.69) is 0 Å². The summed E-state index contributed by atoms with van der Waals surface area (Å²) in [6.07, 6.45) is -5.76. The SMILES string of the molecule is O=NC(=O)CCc1c(F)cccc1C(F)(F)F. The van der Waals surface area contributed by atoms with Crippen LogP contribution in [0, 0.1) is 10.7 Å². The Kier molecular flexibility index (Phi) is 3.93. The number of rotatable bonds is 3. The van der Waals surface area contributed by atoms with E-state index in [1.807, 2.05) is 5.18 Å². The third-order valence-corrected chi connectivity index (χ3v) is 2.11. The minimum Gasteiger partial charge on any atom is -0.269 e. The highest BCUT2D eigenvalue weighted by Crippen LogP contribution is 2.33. The molecule has 3 nitrogen and oxygen atoms in total. The van der Waals surface area contributed by atoms with E-state index in [-0.39, 0.29) is 0 Å². The largest absolute Gasteiger partial charge is 0.416 e. The van der Waals surface area contributed by atoms with Gasteiger partial charge < -0.3 is 0 Å². The molecule has 0 saturated heterocycles. The van der Waals surface area contributed by atoms with E-state index in [1.54, 1.807) is 0 Å². The maximum atomic E-state index is 13.2. The molecule has 0 unspecified atom stereocenters. The Morgan fingerprint density at radius 1 is 1.29 bits per heavy atom. The van der Waals surface area contributed by atoms with Gasteiger partial charge in [0.05, 0.1) is 5.56 Å². The summed E-state index contributed by atoms with van der Waals surface area (Å²) in [7, 11) is 0. The molecule has 0 aliphatic heterocycles. The van der Waals surface area contributed by atoms with Gasteiger partial charge in [-0.1, -0.05) is 6.07 Å². The predicted octanol–water partition coefficient (Wildman–Crippen LogP) is 3.07. The van der Waals surface area contributed by atoms with Crippen molar-refractivity contribution in [3.8, 4) is 0 Å². The van der Waals surface area contributed by atoms with Crippen molar-refractivity contribution in [1.82, 2.24) is 0 Å². The Morgan fingerprint density at radius 2 is 1.94 bits per heavy atom. The first-order valence-electron chi connectivity index (χ1n) is 4.57. The number of nitrogens with zero attached hydrogens (tertiary/aromatic N) is 1. The lowest BCUT2D eigenvalue weighted by atomic mass is 10.0. The molecule has 1 amide bonds. The van der Waals surface area contributed by atoms with Crippen molar-refractivity contribution in [2.75, 3.05) is 0 Å². The van der Waals surface area contributed by atoms with Gasteiger partial charge in [-0.05, 0) is 18.6 Å². The zero-order valence-corrected chi connectivity index (χ0v) is 8.42. The normalized spacial score (nSPS) is 11.3. The Labute approximate surface area is 93.4 Å². The Bertz CT molecular complexity index is 442. The molecular weight excluding hydrogens is 242 g/mol. The fourth-order valence-electron chi connectivity index (χ4n) is 1.36. The van der Waals surface area contributed by atoms with Crippen LogP contribution in [0.5, 0.6) is 0 Å². The second-order valence-corrected chi connectivity index (χ2v) is 3.25. The van der Waals surface area contributed by atoms with Crippen molar-refractivity contribution in [2.24, 2.45) is 5.18 Å². The summed E-state index contributed by atoms with van der Waals surface area (Å²) in [6.45, 7) is 0. The molecule has 1 rings (SSSR count). The van der Waals surface area contributed by atoms with E-state index in [0.29, 0.717) is 0 Å². The van der Waals surface area contributed by atoms with Crippen LogP contribution >= 0.6 is 0 Å². The van der Waals surface area contributed by atoms with Gasteiger partial charge in [0.1, 0.15) is 5.82 Å². The number of alkyl halides is 3. The zero-order valence-electron chi connectivity index (χ0n) is 8.42. The first kappa shape index (κ1) is 13.3. The molecule has 1 aromatic rings. The highest BCUT2D eigenvalue weighted by atomic mass is 19.4. The fourth-order valence-corrected chi connectivity index (χ4v) is 1.36. The van der Waals surface area contributed by atoms with Crippen LogP contribution in [0.2, 0.25) is 0 Å². The number of carbonyl (C=O) groups excluding carboxylic acids is 1. The van der Waals surface area contributed by atoms with E-state index in [0.717, 1.165) is 18.2 Å². The summed E-state index contributed by atoms with van der Waals surface area (Å²) >= 11 is 0. The molecule has 0 aliphatic carbocycles. The summed E-state index contributed by atoms with van der Waals surface area (Å²) in [4.78, 5) is 20.4. The van der Waals surface area contributed by atoms with Gasteiger partial charge in [-0.2, -0.15) is 13.2 Å². The molecule has 0 spiro atoms. The summed E-state index contributed by atoms with van der Waals surface area (Å²) in [5.74, 6) is -2.17. The summed E-state index contributed by atoms with van der Waals surface area (Å²) in [6, 6.07) is 2.52. The lowest BCUT2D eigenvalue weighted by Gasteiger charge is -2.12. The van der Waals surface area contributed by atoms with E-state index in [9.17, 15) is 27.3 Å². The molecule has 92 valence electrons. The van der Waals surface area contributed by atoms with Crippen LogP contribution < -0.4 is 0 Å². The third-order valence-electron chi connectivity index (χ3n) is 2.11. The maximum absolute atomic E-state index is 13.2. The van der Waals surface area contributed by atoms with Gasteiger partial charge in [-0.3, -0.25) is 4.79 Å². The van der Waals surface area contributed by atoms with Crippen molar-refractivity contribution in [2.45, 2.75) is 19.0 Å². The summed E-state index contributed by atoms with van der Waals surface area (Å²) in [5, 5.41) is 2.03. The molecule has 0 aliphatic rings. The molecule has 0 N–H and O–H groups in total. The minimum atomic E-state index is -4.70. The molecule has 0 saturated carbocycles. The molecule has 0 fully saturated rings. The standard InChI is InChI=1S/C10H7F4NO2/c11-8-3-1-2-7(10(12,13)14)6(8)4-5-9(16)15-17/h1-3H,4-5H2. The molecule has 0 aromatic heterocycles. The molecule has 17 heavy (non-hydrogen) atoms. The van der Waals surface area contributed by atoms with Gasteiger partial charge in [-0.25, -0.2) is 4.39 Å². The average Bonchev–Trinajstić information content (AvgIpc) is 2.25. The Morgan fingerprint density at radius 3 is 2.47 bits per heavy atom. The number of carbonyl (C=O) groups is 1. The van der Waals surface area contributed by atoms with Crippen LogP contribution in [0.4, 0.5) is 17.6 Å². The molecule has 0 radical (unpaired) electrons. The Hall–Kier alpha value is -1.79. The second-order valence-electron chi connectivity index (χ2n) is 3.25. The van der Waals surface area contributed by atoms with Gasteiger partial charge in [0.2, 0.25) is 0 Å². The molecule has 7 heteroatoms. The lowest BCUT2D eigenvalue weighted by molar-refractivity contribution is -0.138. The summed E-state index contributed by atoms with van der Waals surface area (Å²) in [5.41, 5.74) is -1.77. The number of amides is 1. The third kappa shape index (κ3) is 3.33. The van der Waals surface area contributed by atoms with Crippen LogP contribution in [0.3, 0.4) is 0 Å². The number of halogens is 4. The number of hydrogen-bond acceptors (Lipinski definition) is 2. The van der Waals surface area contributed by atoms with Gasteiger partial charge in [0.15, 0.2) is 0 Å². The molecular formula is C10H7F4NO2. The average molecular weight is 249 g/mol. The van der Waals surface area contributed by atoms with Crippen LogP contribution in [0.25, 0.3) is 0 Å².